The molecule has 0 amide bonds. The van der Waals surface area contributed by atoms with E-state index in [1.165, 1.54) is 24.6 Å². The van der Waals surface area contributed by atoms with Gasteiger partial charge in [0.05, 0.1) is 27.7 Å². The molecule has 1 aromatic heterocycles. The first-order chi connectivity index (χ1) is 8.08. The molecule has 0 spiro atoms. The van der Waals surface area contributed by atoms with E-state index in [0.717, 1.165) is 6.07 Å². The molecule has 17 heavy (non-hydrogen) atoms. The summed E-state index contributed by atoms with van der Waals surface area (Å²) in [6, 6.07) is 3.21. The first-order valence-corrected chi connectivity index (χ1v) is 4.41. The molecule has 1 aromatic carbocycles. The highest BCUT2D eigenvalue weighted by atomic mass is 16.6. The molecule has 8 heteroatoms. The molecule has 8 nitrogen and oxygen atoms in total. The van der Waals surface area contributed by atoms with Crippen LogP contribution in [0.5, 0.6) is 0 Å². The van der Waals surface area contributed by atoms with Crippen LogP contribution < -0.4 is 0 Å². The number of aromatic nitrogens is 1. The summed E-state index contributed by atoms with van der Waals surface area (Å²) in [5.74, 6) is 0.0943. The fourth-order valence-electron chi connectivity index (χ4n) is 1.30. The van der Waals surface area contributed by atoms with Crippen LogP contribution in [0.2, 0.25) is 0 Å². The zero-order valence-corrected chi connectivity index (χ0v) is 8.27. The molecular weight excluding hydrogens is 230 g/mol. The van der Waals surface area contributed by atoms with E-state index < -0.39 is 9.85 Å². The maximum atomic E-state index is 10.6. The van der Waals surface area contributed by atoms with E-state index in [1.54, 1.807) is 0 Å². The third-order valence-corrected chi connectivity index (χ3v) is 2.00. The second-order valence-corrected chi connectivity index (χ2v) is 3.09. The van der Waals surface area contributed by atoms with E-state index in [4.69, 9.17) is 4.42 Å². The number of hydrogen-bond acceptors (Lipinski definition) is 6. The Balaban J connectivity index is 2.60. The average Bonchev–Trinajstić information content (AvgIpc) is 2.81. The molecule has 0 N–H and O–H groups in total. The van der Waals surface area contributed by atoms with Crippen LogP contribution in [-0.2, 0) is 0 Å². The normalized spacial score (nSPS) is 10.1. The second-order valence-electron chi connectivity index (χ2n) is 3.09. The van der Waals surface area contributed by atoms with Gasteiger partial charge in [0, 0.05) is 12.1 Å². The van der Waals surface area contributed by atoms with E-state index in [9.17, 15) is 20.2 Å². The molecule has 0 radical (unpaired) electrons. The van der Waals surface area contributed by atoms with Gasteiger partial charge in [0.1, 0.15) is 6.26 Å². The summed E-state index contributed by atoms with van der Waals surface area (Å²) < 4.78 is 4.93. The van der Waals surface area contributed by atoms with Gasteiger partial charge in [-0.3, -0.25) is 20.2 Å². The Kier molecular flexibility index (Phi) is 2.53. The van der Waals surface area contributed by atoms with Crippen molar-refractivity contribution in [3.05, 3.63) is 50.9 Å². The Morgan fingerprint density at radius 1 is 1.06 bits per heavy atom. The number of hydrogen-bond donors (Lipinski definition) is 0. The van der Waals surface area contributed by atoms with Gasteiger partial charge in [-0.2, -0.15) is 0 Å². The topological polar surface area (TPSA) is 112 Å². The van der Waals surface area contributed by atoms with Crippen LogP contribution in [0.15, 0.2) is 35.1 Å². The molecule has 1 heterocycles. The number of non-ortho nitro benzene ring substituents is 2. The number of nitro groups is 2. The number of nitrogens with zero attached hydrogens (tertiary/aromatic N) is 3. The molecule has 0 aliphatic carbocycles. The molecule has 0 saturated carbocycles. The maximum Gasteiger partial charge on any atom is 0.277 e. The largest absolute Gasteiger partial charge is 0.445 e. The summed E-state index contributed by atoms with van der Waals surface area (Å²) in [4.78, 5) is 23.6. The molecule has 0 atom stereocenters. The molecule has 0 saturated heterocycles. The highest BCUT2D eigenvalue weighted by molar-refractivity contribution is 5.63. The first kappa shape index (κ1) is 10.7. The lowest BCUT2D eigenvalue weighted by Gasteiger charge is -1.97. The summed E-state index contributed by atoms with van der Waals surface area (Å²) in [6.07, 6.45) is 2.62. The highest BCUT2D eigenvalue weighted by Gasteiger charge is 2.18. The van der Waals surface area contributed by atoms with Gasteiger partial charge in [0.15, 0.2) is 0 Å². The molecule has 0 fully saturated rings. The van der Waals surface area contributed by atoms with Crippen molar-refractivity contribution in [1.29, 1.82) is 0 Å². The van der Waals surface area contributed by atoms with Gasteiger partial charge in [-0.25, -0.2) is 4.98 Å². The van der Waals surface area contributed by atoms with Crippen LogP contribution in [0.4, 0.5) is 11.4 Å². The summed E-state index contributed by atoms with van der Waals surface area (Å²) >= 11 is 0. The van der Waals surface area contributed by atoms with Crippen LogP contribution >= 0.6 is 0 Å². The summed E-state index contributed by atoms with van der Waals surface area (Å²) in [7, 11) is 0. The van der Waals surface area contributed by atoms with Crippen LogP contribution in [0.25, 0.3) is 11.5 Å². The molecule has 86 valence electrons. The number of oxazole rings is 1. The van der Waals surface area contributed by atoms with Crippen LogP contribution in [0.3, 0.4) is 0 Å². The lowest BCUT2D eigenvalue weighted by molar-refractivity contribution is -0.394. The third kappa shape index (κ3) is 2.09. The van der Waals surface area contributed by atoms with Crippen molar-refractivity contribution in [2.75, 3.05) is 0 Å². The van der Waals surface area contributed by atoms with Crippen molar-refractivity contribution in [3.8, 4) is 11.5 Å². The fourth-order valence-corrected chi connectivity index (χ4v) is 1.30. The van der Waals surface area contributed by atoms with E-state index >= 15 is 0 Å². The van der Waals surface area contributed by atoms with Gasteiger partial charge in [-0.15, -0.1) is 0 Å². The highest BCUT2D eigenvalue weighted by Crippen LogP contribution is 2.28. The Bertz CT molecular complexity index is 546. The second kappa shape index (κ2) is 4.00. The smallest absolute Gasteiger partial charge is 0.277 e. The average molecular weight is 235 g/mol. The van der Waals surface area contributed by atoms with Gasteiger partial charge in [-0.1, -0.05) is 0 Å². The molecule has 2 aromatic rings. The van der Waals surface area contributed by atoms with E-state index in [2.05, 4.69) is 4.98 Å². The molecule has 0 aliphatic heterocycles. The minimum atomic E-state index is -0.709. The maximum absolute atomic E-state index is 10.6. The van der Waals surface area contributed by atoms with Crippen molar-refractivity contribution in [3.63, 3.8) is 0 Å². The fraction of sp³-hybridized carbons (Fsp3) is 0. The molecular formula is C9H5N3O5. The Morgan fingerprint density at radius 3 is 2.06 bits per heavy atom. The number of nitro benzene ring substituents is 2. The summed E-state index contributed by atoms with van der Waals surface area (Å²) in [5, 5.41) is 21.3. The van der Waals surface area contributed by atoms with E-state index in [-0.39, 0.29) is 22.8 Å². The van der Waals surface area contributed by atoms with Gasteiger partial charge >= 0.3 is 0 Å². The predicted molar refractivity (Wildman–Crippen MR) is 55.2 cm³/mol. The third-order valence-electron chi connectivity index (χ3n) is 2.00. The van der Waals surface area contributed by atoms with Gasteiger partial charge < -0.3 is 4.42 Å². The van der Waals surface area contributed by atoms with Crippen LogP contribution in [0, 0.1) is 20.2 Å². The summed E-state index contributed by atoms with van der Waals surface area (Å²) in [5.41, 5.74) is -0.573. The van der Waals surface area contributed by atoms with E-state index in [1.807, 2.05) is 0 Å². The monoisotopic (exact) mass is 235 g/mol. The van der Waals surface area contributed by atoms with Crippen molar-refractivity contribution in [2.45, 2.75) is 0 Å². The Hall–Kier alpha value is -2.77. The Labute approximate surface area is 93.8 Å². The molecule has 0 unspecified atom stereocenters. The number of benzene rings is 1. The SMILES string of the molecule is O=[N+]([O-])c1cc(-c2ncco2)cc([N+](=O)[O-])c1. The van der Waals surface area contributed by atoms with Gasteiger partial charge in [0.25, 0.3) is 11.4 Å². The molecule has 0 bridgehead atoms. The summed E-state index contributed by atoms with van der Waals surface area (Å²) in [6.45, 7) is 0. The van der Waals surface area contributed by atoms with Gasteiger partial charge in [0.2, 0.25) is 5.89 Å². The van der Waals surface area contributed by atoms with Crippen molar-refractivity contribution in [2.24, 2.45) is 0 Å². The van der Waals surface area contributed by atoms with Crippen LogP contribution in [-0.4, -0.2) is 14.8 Å². The quantitative estimate of drug-likeness (QED) is 0.594. The lowest BCUT2D eigenvalue weighted by atomic mass is 10.2. The Morgan fingerprint density at radius 2 is 1.65 bits per heavy atom. The van der Waals surface area contributed by atoms with Crippen molar-refractivity contribution in [1.82, 2.24) is 4.98 Å². The zero-order chi connectivity index (χ0) is 12.4. The lowest BCUT2D eigenvalue weighted by Crippen LogP contribution is -1.93. The minimum Gasteiger partial charge on any atom is -0.445 e. The molecule has 0 aliphatic rings. The molecule has 2 rings (SSSR count). The van der Waals surface area contributed by atoms with E-state index in [0.29, 0.717) is 0 Å². The van der Waals surface area contributed by atoms with Crippen molar-refractivity contribution < 1.29 is 14.3 Å². The van der Waals surface area contributed by atoms with Crippen molar-refractivity contribution >= 4 is 11.4 Å². The minimum absolute atomic E-state index is 0.0943. The number of rotatable bonds is 3. The first-order valence-electron chi connectivity index (χ1n) is 4.41. The standard InChI is InChI=1S/C9H5N3O5/c13-11(14)7-3-6(9-10-1-2-17-9)4-8(5-7)12(15)16/h1-5H. The zero-order valence-electron chi connectivity index (χ0n) is 8.27. The van der Waals surface area contributed by atoms with Gasteiger partial charge in [-0.05, 0) is 0 Å². The predicted octanol–water partition coefficient (Wildman–Crippen LogP) is 2.16. The van der Waals surface area contributed by atoms with Crippen LogP contribution in [0.1, 0.15) is 0 Å².